The van der Waals surface area contributed by atoms with Crippen molar-refractivity contribution in [2.75, 3.05) is 0 Å². The monoisotopic (exact) mass is 280 g/mol. The Bertz CT molecular complexity index is 501. The summed E-state index contributed by atoms with van der Waals surface area (Å²) in [6, 6.07) is 3.86. The second kappa shape index (κ2) is 3.77. The van der Waals surface area contributed by atoms with E-state index in [-0.39, 0.29) is 0 Å². The molecule has 0 saturated heterocycles. The first-order valence-corrected chi connectivity index (χ1v) is 6.34. The fraction of sp³-hybridized carbons (Fsp3) is 0.417. The van der Waals surface area contributed by atoms with Crippen LogP contribution in [0.5, 0.6) is 0 Å². The predicted molar refractivity (Wildman–Crippen MR) is 65.1 cm³/mol. The average molecular weight is 281 g/mol. The van der Waals surface area contributed by atoms with Crippen LogP contribution in [0.15, 0.2) is 27.4 Å². The molecule has 16 heavy (non-hydrogen) atoms. The van der Waals surface area contributed by atoms with Crippen LogP contribution in [0.1, 0.15) is 19.0 Å². The van der Waals surface area contributed by atoms with Gasteiger partial charge >= 0.3 is 0 Å². The van der Waals surface area contributed by atoms with E-state index in [1.165, 1.54) is 12.1 Å². The highest BCUT2D eigenvalue weighted by atomic mass is 79.9. The smallest absolute Gasteiger partial charge is 0.177 e. The molecule has 2 aromatic heterocycles. The number of hydrogen-bond acceptors (Lipinski definition) is 2. The molecule has 0 fully saturated rings. The van der Waals surface area contributed by atoms with E-state index >= 15 is 0 Å². The first-order valence-electron chi connectivity index (χ1n) is 5.54. The normalized spacial score (nSPS) is 19.8. The summed E-state index contributed by atoms with van der Waals surface area (Å²) in [5, 5.41) is 0. The maximum atomic E-state index is 5.42. The first kappa shape index (κ1) is 10.1. The standard InChI is InChI=1S/C12H13BrN2O/c1-8-4-5-15-9(7-8)11(13)14-12(15)10-3-2-6-16-10/h2-3,6,8H,4-5,7H2,1H3. The molecular weight excluding hydrogens is 268 g/mol. The van der Waals surface area contributed by atoms with Crippen molar-refractivity contribution >= 4 is 15.9 Å². The summed E-state index contributed by atoms with van der Waals surface area (Å²) in [6.07, 6.45) is 3.99. The summed E-state index contributed by atoms with van der Waals surface area (Å²) in [7, 11) is 0. The van der Waals surface area contributed by atoms with Crippen molar-refractivity contribution in [2.24, 2.45) is 5.92 Å². The second-order valence-corrected chi connectivity index (χ2v) is 5.15. The second-order valence-electron chi connectivity index (χ2n) is 4.40. The molecule has 2 aromatic rings. The molecule has 0 saturated carbocycles. The molecule has 0 bridgehead atoms. The van der Waals surface area contributed by atoms with Crippen LogP contribution in [0.2, 0.25) is 0 Å². The molecule has 84 valence electrons. The highest BCUT2D eigenvalue weighted by Gasteiger charge is 2.23. The Morgan fingerprint density at radius 3 is 3.19 bits per heavy atom. The lowest BCUT2D eigenvalue weighted by atomic mass is 9.99. The molecule has 1 aliphatic heterocycles. The van der Waals surface area contributed by atoms with Crippen LogP contribution in [-0.2, 0) is 13.0 Å². The molecule has 0 spiro atoms. The van der Waals surface area contributed by atoms with Crippen LogP contribution < -0.4 is 0 Å². The van der Waals surface area contributed by atoms with E-state index < -0.39 is 0 Å². The van der Waals surface area contributed by atoms with Gasteiger partial charge in [0.25, 0.3) is 0 Å². The number of fused-ring (bicyclic) bond motifs is 1. The van der Waals surface area contributed by atoms with Crippen molar-refractivity contribution in [2.45, 2.75) is 26.3 Å². The molecule has 0 aliphatic carbocycles. The van der Waals surface area contributed by atoms with Gasteiger partial charge in [-0.05, 0) is 46.8 Å². The van der Waals surface area contributed by atoms with Crippen molar-refractivity contribution in [3.63, 3.8) is 0 Å². The molecule has 0 aromatic carbocycles. The van der Waals surface area contributed by atoms with Crippen LogP contribution in [0.3, 0.4) is 0 Å². The molecule has 0 N–H and O–H groups in total. The van der Waals surface area contributed by atoms with Gasteiger partial charge in [0.05, 0.1) is 12.0 Å². The summed E-state index contributed by atoms with van der Waals surface area (Å²) in [5.41, 5.74) is 1.30. The van der Waals surface area contributed by atoms with Gasteiger partial charge in [0, 0.05) is 6.54 Å². The van der Waals surface area contributed by atoms with Crippen molar-refractivity contribution in [1.82, 2.24) is 9.55 Å². The number of halogens is 1. The molecule has 3 heterocycles. The summed E-state index contributed by atoms with van der Waals surface area (Å²) < 4.78 is 8.65. The minimum Gasteiger partial charge on any atom is -0.461 e. The average Bonchev–Trinajstić information content (AvgIpc) is 2.87. The van der Waals surface area contributed by atoms with Gasteiger partial charge in [-0.2, -0.15) is 0 Å². The molecule has 1 atom stereocenters. The van der Waals surface area contributed by atoms with Gasteiger partial charge in [-0.3, -0.25) is 0 Å². The zero-order valence-electron chi connectivity index (χ0n) is 9.11. The Labute approximate surface area is 103 Å². The Balaban J connectivity index is 2.12. The molecule has 0 amide bonds. The van der Waals surface area contributed by atoms with Gasteiger partial charge in [-0.15, -0.1) is 0 Å². The highest BCUT2D eigenvalue weighted by molar-refractivity contribution is 9.10. The fourth-order valence-electron chi connectivity index (χ4n) is 2.27. The number of furan rings is 1. The quantitative estimate of drug-likeness (QED) is 0.801. The zero-order valence-corrected chi connectivity index (χ0v) is 10.7. The number of nitrogens with zero attached hydrogens (tertiary/aromatic N) is 2. The van der Waals surface area contributed by atoms with E-state index in [9.17, 15) is 0 Å². The van der Waals surface area contributed by atoms with Crippen LogP contribution in [0.25, 0.3) is 11.6 Å². The van der Waals surface area contributed by atoms with Gasteiger partial charge < -0.3 is 8.98 Å². The van der Waals surface area contributed by atoms with Crippen molar-refractivity contribution < 1.29 is 4.42 Å². The van der Waals surface area contributed by atoms with Crippen LogP contribution in [-0.4, -0.2) is 9.55 Å². The first-order chi connectivity index (χ1) is 7.75. The highest BCUT2D eigenvalue weighted by Crippen LogP contribution is 2.32. The zero-order chi connectivity index (χ0) is 11.1. The molecule has 3 nitrogen and oxygen atoms in total. The van der Waals surface area contributed by atoms with Crippen molar-refractivity contribution in [3.8, 4) is 11.6 Å². The Hall–Kier alpha value is -1.03. The fourth-order valence-corrected chi connectivity index (χ4v) is 2.81. The van der Waals surface area contributed by atoms with E-state index in [0.29, 0.717) is 0 Å². The van der Waals surface area contributed by atoms with Crippen molar-refractivity contribution in [3.05, 3.63) is 28.7 Å². The third-order valence-electron chi connectivity index (χ3n) is 3.15. The lowest BCUT2D eigenvalue weighted by Crippen LogP contribution is -2.17. The molecule has 1 unspecified atom stereocenters. The Morgan fingerprint density at radius 1 is 1.56 bits per heavy atom. The van der Waals surface area contributed by atoms with E-state index in [1.807, 2.05) is 12.1 Å². The van der Waals surface area contributed by atoms with E-state index in [2.05, 4.69) is 32.4 Å². The largest absolute Gasteiger partial charge is 0.461 e. The van der Waals surface area contributed by atoms with E-state index in [0.717, 1.165) is 35.1 Å². The number of hydrogen-bond donors (Lipinski definition) is 0. The van der Waals surface area contributed by atoms with Crippen LogP contribution in [0, 0.1) is 5.92 Å². The predicted octanol–water partition coefficient (Wildman–Crippen LogP) is 3.49. The Morgan fingerprint density at radius 2 is 2.44 bits per heavy atom. The summed E-state index contributed by atoms with van der Waals surface area (Å²) in [5.74, 6) is 2.53. The van der Waals surface area contributed by atoms with Gasteiger partial charge in [0.1, 0.15) is 4.60 Å². The molecule has 0 radical (unpaired) electrons. The van der Waals surface area contributed by atoms with Gasteiger partial charge in [0.2, 0.25) is 0 Å². The van der Waals surface area contributed by atoms with Crippen LogP contribution in [0.4, 0.5) is 0 Å². The number of aromatic nitrogens is 2. The topological polar surface area (TPSA) is 31.0 Å². The molecular formula is C12H13BrN2O. The van der Waals surface area contributed by atoms with E-state index in [4.69, 9.17) is 4.42 Å². The molecule has 4 heteroatoms. The lowest BCUT2D eigenvalue weighted by molar-refractivity contribution is 0.415. The molecule has 1 aliphatic rings. The van der Waals surface area contributed by atoms with Gasteiger partial charge in [0.15, 0.2) is 11.6 Å². The number of rotatable bonds is 1. The molecule has 3 rings (SSSR count). The third-order valence-corrected chi connectivity index (χ3v) is 3.79. The van der Waals surface area contributed by atoms with Gasteiger partial charge in [-0.1, -0.05) is 6.92 Å². The summed E-state index contributed by atoms with van der Waals surface area (Å²) >= 11 is 3.54. The van der Waals surface area contributed by atoms with E-state index in [1.54, 1.807) is 6.26 Å². The summed E-state index contributed by atoms with van der Waals surface area (Å²) in [4.78, 5) is 4.56. The van der Waals surface area contributed by atoms with Gasteiger partial charge in [-0.25, -0.2) is 4.98 Å². The minimum absolute atomic E-state index is 0.741. The van der Waals surface area contributed by atoms with Crippen LogP contribution >= 0.6 is 15.9 Å². The maximum Gasteiger partial charge on any atom is 0.177 e. The third kappa shape index (κ3) is 1.52. The number of imidazole rings is 1. The maximum absolute atomic E-state index is 5.42. The minimum atomic E-state index is 0.741. The summed E-state index contributed by atoms with van der Waals surface area (Å²) in [6.45, 7) is 3.32. The SMILES string of the molecule is CC1CCn2c(-c3ccco3)nc(Br)c2C1. The van der Waals surface area contributed by atoms with Crippen molar-refractivity contribution in [1.29, 1.82) is 0 Å². The lowest BCUT2D eigenvalue weighted by Gasteiger charge is -2.21. The Kier molecular flexibility index (Phi) is 2.39.